The Bertz CT molecular complexity index is 966. The largest absolute Gasteiger partial charge is 0.450 e. The van der Waals surface area contributed by atoms with Crippen LogP contribution in [0.5, 0.6) is 0 Å². The Morgan fingerprint density at radius 2 is 1.96 bits per heavy atom. The number of amides is 1. The molecule has 3 rings (SSSR count). The van der Waals surface area contributed by atoms with Gasteiger partial charge in [-0.3, -0.25) is 4.79 Å². The minimum Gasteiger partial charge on any atom is -0.450 e. The van der Waals surface area contributed by atoms with Crippen molar-refractivity contribution in [2.75, 3.05) is 13.7 Å². The normalized spacial score (nSPS) is 10.7. The molecule has 3 aromatic rings. The quantitative estimate of drug-likeness (QED) is 0.647. The summed E-state index contributed by atoms with van der Waals surface area (Å²) in [5.41, 5.74) is 2.93. The molecule has 0 atom stereocenters. The number of nitrogens with zero attached hydrogens (tertiary/aromatic N) is 5. The average Bonchev–Trinajstić information content (AvgIpc) is 3.07. The summed E-state index contributed by atoms with van der Waals surface area (Å²) >= 11 is 0. The Morgan fingerprint density at radius 3 is 2.69 bits per heavy atom. The molecular weight excluding hydrogens is 334 g/mol. The van der Waals surface area contributed by atoms with Gasteiger partial charge < -0.3 is 9.64 Å². The molecule has 0 aliphatic heterocycles. The van der Waals surface area contributed by atoms with Crippen molar-refractivity contribution in [1.82, 2.24) is 24.5 Å². The highest BCUT2D eigenvalue weighted by Crippen LogP contribution is 2.10. The van der Waals surface area contributed by atoms with Crippen molar-refractivity contribution < 1.29 is 14.3 Å². The van der Waals surface area contributed by atoms with Crippen molar-refractivity contribution in [3.05, 3.63) is 59.2 Å². The number of likely N-dealkylation sites (N-methyl/N-ethyl adjacent to an activating group) is 1. The van der Waals surface area contributed by atoms with Gasteiger partial charge in [0.1, 0.15) is 0 Å². The van der Waals surface area contributed by atoms with Crippen LogP contribution in [-0.4, -0.2) is 50.0 Å². The van der Waals surface area contributed by atoms with E-state index < -0.39 is 5.97 Å². The maximum atomic E-state index is 12.2. The SMILES string of the molecule is Cc1ccccc1CN(C)C(=O)COC(=O)c1nc2nccc(C)n2n1. The third kappa shape index (κ3) is 3.69. The van der Waals surface area contributed by atoms with E-state index in [0.717, 1.165) is 16.8 Å². The van der Waals surface area contributed by atoms with Gasteiger partial charge in [0.15, 0.2) is 6.61 Å². The molecule has 0 spiro atoms. The van der Waals surface area contributed by atoms with Gasteiger partial charge in [0.25, 0.3) is 17.5 Å². The Morgan fingerprint density at radius 1 is 1.19 bits per heavy atom. The van der Waals surface area contributed by atoms with Crippen LogP contribution >= 0.6 is 0 Å². The van der Waals surface area contributed by atoms with E-state index in [4.69, 9.17) is 4.74 Å². The van der Waals surface area contributed by atoms with Crippen molar-refractivity contribution in [3.63, 3.8) is 0 Å². The zero-order valence-corrected chi connectivity index (χ0v) is 14.8. The Kier molecular flexibility index (Phi) is 4.92. The topological polar surface area (TPSA) is 89.7 Å². The Balaban J connectivity index is 1.60. The first-order valence-corrected chi connectivity index (χ1v) is 8.09. The van der Waals surface area contributed by atoms with Gasteiger partial charge in [-0.25, -0.2) is 14.3 Å². The molecule has 0 aliphatic rings. The van der Waals surface area contributed by atoms with Gasteiger partial charge in [-0.15, -0.1) is 5.10 Å². The van der Waals surface area contributed by atoms with Gasteiger partial charge in [-0.05, 0) is 31.0 Å². The van der Waals surface area contributed by atoms with E-state index in [0.29, 0.717) is 12.3 Å². The lowest BCUT2D eigenvalue weighted by molar-refractivity contribution is -0.133. The number of hydrogen-bond donors (Lipinski definition) is 0. The van der Waals surface area contributed by atoms with Crippen LogP contribution in [0.1, 0.15) is 27.4 Å². The van der Waals surface area contributed by atoms with Crippen molar-refractivity contribution in [3.8, 4) is 0 Å². The van der Waals surface area contributed by atoms with Gasteiger partial charge in [0.05, 0.1) is 0 Å². The minimum atomic E-state index is -0.757. The lowest BCUT2D eigenvalue weighted by Crippen LogP contribution is -2.31. The van der Waals surface area contributed by atoms with E-state index in [2.05, 4.69) is 15.1 Å². The van der Waals surface area contributed by atoms with E-state index in [-0.39, 0.29) is 18.3 Å². The van der Waals surface area contributed by atoms with E-state index in [1.165, 1.54) is 9.42 Å². The van der Waals surface area contributed by atoms with Gasteiger partial charge >= 0.3 is 5.97 Å². The summed E-state index contributed by atoms with van der Waals surface area (Å²) in [5, 5.41) is 4.06. The summed E-state index contributed by atoms with van der Waals surface area (Å²) in [6.45, 7) is 3.88. The highest BCUT2D eigenvalue weighted by molar-refractivity contribution is 5.88. The summed E-state index contributed by atoms with van der Waals surface area (Å²) in [4.78, 5) is 33.9. The number of esters is 1. The van der Waals surface area contributed by atoms with Crippen LogP contribution in [0.4, 0.5) is 0 Å². The van der Waals surface area contributed by atoms with Crippen LogP contribution in [0.25, 0.3) is 5.78 Å². The van der Waals surface area contributed by atoms with Crippen LogP contribution in [0.2, 0.25) is 0 Å². The molecule has 2 heterocycles. The summed E-state index contributed by atoms with van der Waals surface area (Å²) in [7, 11) is 1.67. The Hall–Kier alpha value is -3.29. The monoisotopic (exact) mass is 353 g/mol. The van der Waals surface area contributed by atoms with Gasteiger partial charge in [-0.2, -0.15) is 4.98 Å². The number of carbonyl (C=O) groups excluding carboxylic acids is 2. The molecule has 0 aliphatic carbocycles. The number of ether oxygens (including phenoxy) is 1. The molecule has 0 unspecified atom stereocenters. The molecule has 1 aromatic carbocycles. The molecular formula is C18H19N5O3. The maximum absolute atomic E-state index is 12.2. The molecule has 26 heavy (non-hydrogen) atoms. The fourth-order valence-corrected chi connectivity index (χ4v) is 2.43. The van der Waals surface area contributed by atoms with Crippen LogP contribution in [-0.2, 0) is 16.1 Å². The number of benzene rings is 1. The van der Waals surface area contributed by atoms with Gasteiger partial charge in [0.2, 0.25) is 0 Å². The van der Waals surface area contributed by atoms with Gasteiger partial charge in [0, 0.05) is 25.5 Å². The smallest absolute Gasteiger partial charge is 0.378 e. The molecule has 0 radical (unpaired) electrons. The van der Waals surface area contributed by atoms with Gasteiger partial charge in [-0.1, -0.05) is 24.3 Å². The first-order valence-electron chi connectivity index (χ1n) is 8.09. The second kappa shape index (κ2) is 7.30. The van der Waals surface area contributed by atoms with Crippen molar-refractivity contribution in [1.29, 1.82) is 0 Å². The number of carbonyl (C=O) groups is 2. The predicted molar refractivity (Wildman–Crippen MR) is 93.5 cm³/mol. The van der Waals surface area contributed by atoms with E-state index in [1.54, 1.807) is 19.3 Å². The molecule has 2 aromatic heterocycles. The lowest BCUT2D eigenvalue weighted by atomic mass is 10.1. The molecule has 0 bridgehead atoms. The zero-order valence-electron chi connectivity index (χ0n) is 14.8. The van der Waals surface area contributed by atoms with Crippen LogP contribution in [0.3, 0.4) is 0 Å². The molecule has 0 saturated carbocycles. The molecule has 0 N–H and O–H groups in total. The fraction of sp³-hybridized carbons (Fsp3) is 0.278. The molecule has 8 heteroatoms. The molecule has 1 amide bonds. The number of hydrogen-bond acceptors (Lipinski definition) is 6. The molecule has 0 fully saturated rings. The zero-order chi connectivity index (χ0) is 18.7. The van der Waals surface area contributed by atoms with Crippen molar-refractivity contribution in [2.45, 2.75) is 20.4 Å². The number of rotatable bonds is 5. The van der Waals surface area contributed by atoms with Crippen molar-refractivity contribution >= 4 is 17.7 Å². The second-order valence-corrected chi connectivity index (χ2v) is 5.99. The highest BCUT2D eigenvalue weighted by Gasteiger charge is 2.19. The first kappa shape index (κ1) is 17.5. The van der Waals surface area contributed by atoms with Crippen LogP contribution in [0, 0.1) is 13.8 Å². The highest BCUT2D eigenvalue weighted by atomic mass is 16.5. The standard InChI is InChI=1S/C18H19N5O3/c1-12-6-4-5-7-14(12)10-22(3)15(24)11-26-17(25)16-20-18-19-9-8-13(2)23(18)21-16/h4-9H,10-11H2,1-3H3. The van der Waals surface area contributed by atoms with Crippen LogP contribution in [0.15, 0.2) is 36.5 Å². The predicted octanol–water partition coefficient (Wildman–Crippen LogP) is 1.56. The van der Waals surface area contributed by atoms with Crippen molar-refractivity contribution in [2.24, 2.45) is 0 Å². The molecule has 8 nitrogen and oxygen atoms in total. The van der Waals surface area contributed by atoms with Crippen LogP contribution < -0.4 is 0 Å². The first-order chi connectivity index (χ1) is 12.5. The minimum absolute atomic E-state index is 0.124. The second-order valence-electron chi connectivity index (χ2n) is 5.99. The van der Waals surface area contributed by atoms with E-state index in [9.17, 15) is 9.59 Å². The fourth-order valence-electron chi connectivity index (χ4n) is 2.43. The summed E-state index contributed by atoms with van der Waals surface area (Å²) in [6.07, 6.45) is 1.58. The molecule has 0 saturated heterocycles. The Labute approximate surface area is 150 Å². The average molecular weight is 353 g/mol. The lowest BCUT2D eigenvalue weighted by Gasteiger charge is -2.18. The third-order valence-electron chi connectivity index (χ3n) is 4.03. The third-order valence-corrected chi connectivity index (χ3v) is 4.03. The summed E-state index contributed by atoms with van der Waals surface area (Å²) in [6, 6.07) is 9.56. The number of aryl methyl sites for hydroxylation is 2. The van der Waals surface area contributed by atoms with E-state index >= 15 is 0 Å². The summed E-state index contributed by atoms with van der Waals surface area (Å²) < 4.78 is 6.50. The van der Waals surface area contributed by atoms with E-state index in [1.807, 2.05) is 38.1 Å². The number of aromatic nitrogens is 4. The summed E-state index contributed by atoms with van der Waals surface area (Å²) in [5.74, 6) is -0.881. The maximum Gasteiger partial charge on any atom is 0.378 e. The number of fused-ring (bicyclic) bond motifs is 1. The molecule has 134 valence electrons.